The second-order valence-corrected chi connectivity index (χ2v) is 12.3. The number of hydrogen-bond acceptors (Lipinski definition) is 8. The van der Waals surface area contributed by atoms with Gasteiger partial charge in [0.25, 0.3) is 11.8 Å². The van der Waals surface area contributed by atoms with Gasteiger partial charge >= 0.3 is 0 Å². The van der Waals surface area contributed by atoms with Crippen molar-refractivity contribution in [2.75, 3.05) is 31.2 Å². The Hall–Kier alpha value is -4.32. The number of anilines is 1. The van der Waals surface area contributed by atoms with Crippen molar-refractivity contribution in [1.29, 1.82) is 0 Å². The van der Waals surface area contributed by atoms with E-state index in [9.17, 15) is 24.0 Å². The van der Waals surface area contributed by atoms with Crippen LogP contribution in [0.1, 0.15) is 57.5 Å². The first-order chi connectivity index (χ1) is 20.8. The highest BCUT2D eigenvalue weighted by atomic mass is 16.5. The van der Waals surface area contributed by atoms with Crippen LogP contribution in [-0.2, 0) is 30.5 Å². The lowest BCUT2D eigenvalue weighted by atomic mass is 9.85. The summed E-state index contributed by atoms with van der Waals surface area (Å²) >= 11 is 0. The highest BCUT2D eigenvalue weighted by Gasteiger charge is 2.36. The summed E-state index contributed by atoms with van der Waals surface area (Å²) in [4.78, 5) is 71.6. The maximum absolute atomic E-state index is 13.4. The van der Waals surface area contributed by atoms with Gasteiger partial charge in [-0.2, -0.15) is 0 Å². The quantitative estimate of drug-likeness (QED) is 0.265. The number of rotatable bonds is 12. The predicted molar refractivity (Wildman–Crippen MR) is 166 cm³/mol. The molecule has 1 fully saturated rings. The largest absolute Gasteiger partial charge is 0.378 e. The van der Waals surface area contributed by atoms with Gasteiger partial charge in [-0.15, -0.1) is 0 Å². The first-order valence-electron chi connectivity index (χ1n) is 14.8. The lowest BCUT2D eigenvalue weighted by Gasteiger charge is -2.32. The van der Waals surface area contributed by atoms with Gasteiger partial charge in [-0.3, -0.25) is 24.0 Å². The number of benzene rings is 1. The minimum absolute atomic E-state index is 0.171. The number of hydrogen-bond donors (Lipinski definition) is 4. The Labute approximate surface area is 258 Å². The molecule has 0 aliphatic carbocycles. The topological polar surface area (TPSA) is 159 Å². The van der Waals surface area contributed by atoms with Crippen LogP contribution in [0.25, 0.3) is 0 Å². The van der Waals surface area contributed by atoms with E-state index in [1.54, 1.807) is 52.9 Å². The molecule has 0 spiro atoms. The van der Waals surface area contributed by atoms with Crippen molar-refractivity contribution in [3.05, 3.63) is 59.8 Å². The molecule has 12 heteroatoms. The van der Waals surface area contributed by atoms with Gasteiger partial charge in [-0.1, -0.05) is 65.0 Å². The van der Waals surface area contributed by atoms with Gasteiger partial charge in [0.1, 0.15) is 17.9 Å². The summed E-state index contributed by atoms with van der Waals surface area (Å²) in [7, 11) is 0. The van der Waals surface area contributed by atoms with Crippen LogP contribution in [0.3, 0.4) is 0 Å². The van der Waals surface area contributed by atoms with E-state index in [1.165, 1.54) is 6.92 Å². The molecule has 1 saturated heterocycles. The third-order valence-corrected chi connectivity index (χ3v) is 7.27. The number of ketones is 1. The molecule has 1 aromatic carbocycles. The SMILES string of the molecule is CC(NC(=O)C(NC(=O)c1ccnc(N2CCOCC2)c1)C(C)(C)C)C(=O)NC(C(=O)C(=O)NCc1ccccc1)C(C)C. The minimum atomic E-state index is -1.09. The Balaban J connectivity index is 1.62. The van der Waals surface area contributed by atoms with Crippen LogP contribution in [-0.4, -0.2) is 78.8 Å². The van der Waals surface area contributed by atoms with Gasteiger partial charge in [0.2, 0.25) is 17.6 Å². The molecule has 0 radical (unpaired) electrons. The van der Waals surface area contributed by atoms with Crippen molar-refractivity contribution >= 4 is 35.2 Å². The molecule has 44 heavy (non-hydrogen) atoms. The molecule has 12 nitrogen and oxygen atoms in total. The second kappa shape index (κ2) is 15.4. The zero-order chi connectivity index (χ0) is 32.4. The van der Waals surface area contributed by atoms with E-state index in [-0.39, 0.29) is 12.5 Å². The molecule has 4 N–H and O–H groups in total. The van der Waals surface area contributed by atoms with Gasteiger partial charge in [0, 0.05) is 31.4 Å². The van der Waals surface area contributed by atoms with Crippen LogP contribution >= 0.6 is 0 Å². The maximum Gasteiger partial charge on any atom is 0.289 e. The highest BCUT2D eigenvalue weighted by Crippen LogP contribution is 2.21. The molecule has 1 aliphatic heterocycles. The van der Waals surface area contributed by atoms with Crippen LogP contribution in [0.4, 0.5) is 5.82 Å². The van der Waals surface area contributed by atoms with Crippen LogP contribution in [0.5, 0.6) is 0 Å². The Kier molecular flexibility index (Phi) is 12.0. The zero-order valence-corrected chi connectivity index (χ0v) is 26.3. The zero-order valence-electron chi connectivity index (χ0n) is 26.3. The van der Waals surface area contributed by atoms with E-state index in [4.69, 9.17) is 4.74 Å². The van der Waals surface area contributed by atoms with E-state index >= 15 is 0 Å². The molecule has 0 saturated carbocycles. The third-order valence-electron chi connectivity index (χ3n) is 7.27. The second-order valence-electron chi connectivity index (χ2n) is 12.3. The van der Waals surface area contributed by atoms with Crippen molar-refractivity contribution in [3.8, 4) is 0 Å². The van der Waals surface area contributed by atoms with Crippen LogP contribution in [0.2, 0.25) is 0 Å². The third kappa shape index (κ3) is 9.60. The number of pyridine rings is 1. The van der Waals surface area contributed by atoms with E-state index in [0.29, 0.717) is 37.7 Å². The fraction of sp³-hybridized carbons (Fsp3) is 0.500. The summed E-state index contributed by atoms with van der Waals surface area (Å²) in [6, 6.07) is 9.26. The Bertz CT molecular complexity index is 1320. The molecule has 3 unspecified atom stereocenters. The number of ether oxygens (including phenoxy) is 1. The molecule has 2 heterocycles. The van der Waals surface area contributed by atoms with Crippen molar-refractivity contribution in [2.45, 2.75) is 66.2 Å². The minimum Gasteiger partial charge on any atom is -0.378 e. The van der Waals surface area contributed by atoms with Gasteiger partial charge in [0.15, 0.2) is 0 Å². The Morgan fingerprint density at radius 1 is 0.909 bits per heavy atom. The number of morpholine rings is 1. The van der Waals surface area contributed by atoms with Gasteiger partial charge in [-0.05, 0) is 36.0 Å². The lowest BCUT2D eigenvalue weighted by Crippen LogP contribution is -2.59. The summed E-state index contributed by atoms with van der Waals surface area (Å²) in [5.74, 6) is -2.99. The molecule has 3 atom stereocenters. The van der Waals surface area contributed by atoms with Crippen molar-refractivity contribution in [1.82, 2.24) is 26.3 Å². The number of Topliss-reactive ketones (excluding diaryl/α,β-unsaturated/α-hetero) is 1. The summed E-state index contributed by atoms with van der Waals surface area (Å²) in [5, 5.41) is 10.7. The molecule has 2 aromatic rings. The fourth-order valence-electron chi connectivity index (χ4n) is 4.60. The first-order valence-corrected chi connectivity index (χ1v) is 14.8. The average Bonchev–Trinajstić information content (AvgIpc) is 3.00. The van der Waals surface area contributed by atoms with Crippen LogP contribution in [0, 0.1) is 11.3 Å². The smallest absolute Gasteiger partial charge is 0.289 e. The fourth-order valence-corrected chi connectivity index (χ4v) is 4.60. The number of aromatic nitrogens is 1. The van der Waals surface area contributed by atoms with Gasteiger partial charge in [-0.25, -0.2) is 4.98 Å². The first kappa shape index (κ1) is 34.2. The summed E-state index contributed by atoms with van der Waals surface area (Å²) < 4.78 is 5.39. The van der Waals surface area contributed by atoms with Crippen LogP contribution < -0.4 is 26.2 Å². The number of nitrogens with zero attached hydrogens (tertiary/aromatic N) is 2. The summed E-state index contributed by atoms with van der Waals surface area (Å²) in [6.07, 6.45) is 1.55. The van der Waals surface area contributed by atoms with E-state index < -0.39 is 53.0 Å². The number of nitrogens with one attached hydrogen (secondary N) is 4. The number of carbonyl (C=O) groups excluding carboxylic acids is 5. The lowest BCUT2D eigenvalue weighted by molar-refractivity contribution is -0.141. The van der Waals surface area contributed by atoms with Gasteiger partial charge < -0.3 is 30.9 Å². The van der Waals surface area contributed by atoms with E-state index in [2.05, 4.69) is 26.3 Å². The van der Waals surface area contributed by atoms with Crippen molar-refractivity contribution < 1.29 is 28.7 Å². The molecule has 0 bridgehead atoms. The molecular weight excluding hydrogens is 564 g/mol. The monoisotopic (exact) mass is 608 g/mol. The average molecular weight is 609 g/mol. The molecule has 1 aromatic heterocycles. The van der Waals surface area contributed by atoms with E-state index in [1.807, 2.05) is 35.2 Å². The normalized spacial score (nSPS) is 15.5. The maximum atomic E-state index is 13.4. The molecule has 4 amide bonds. The number of amides is 4. The Morgan fingerprint density at radius 3 is 2.18 bits per heavy atom. The van der Waals surface area contributed by atoms with Crippen molar-refractivity contribution in [2.24, 2.45) is 11.3 Å². The summed E-state index contributed by atoms with van der Waals surface area (Å²) in [6.45, 7) is 12.9. The predicted octanol–water partition coefficient (Wildman–Crippen LogP) is 1.59. The molecule has 1 aliphatic rings. The standard InChI is InChI=1S/C32H44N6O6/c1-20(2)25(26(39)30(42)34-19-22-10-8-7-9-11-22)36-28(40)21(3)35-31(43)27(32(4,5)6)37-29(41)23-12-13-33-24(18-23)38-14-16-44-17-15-38/h7-13,18,20-21,25,27H,14-17,19H2,1-6H3,(H,34,42)(H,35,43)(H,36,40)(H,37,41). The summed E-state index contributed by atoms with van der Waals surface area (Å²) in [5.41, 5.74) is 0.471. The van der Waals surface area contributed by atoms with Gasteiger partial charge in [0.05, 0.1) is 19.3 Å². The Morgan fingerprint density at radius 2 is 1.57 bits per heavy atom. The molecular formula is C32H44N6O6. The number of carbonyl (C=O) groups is 5. The molecule has 238 valence electrons. The van der Waals surface area contributed by atoms with Crippen molar-refractivity contribution in [3.63, 3.8) is 0 Å². The highest BCUT2D eigenvalue weighted by molar-refractivity contribution is 6.38. The molecule has 3 rings (SSSR count). The van der Waals surface area contributed by atoms with Crippen LogP contribution in [0.15, 0.2) is 48.7 Å². The van der Waals surface area contributed by atoms with E-state index in [0.717, 1.165) is 5.56 Å².